The minimum absolute atomic E-state index is 0.153. The summed E-state index contributed by atoms with van der Waals surface area (Å²) in [4.78, 5) is 0. The molecule has 0 unspecified atom stereocenters. The molecule has 0 aromatic rings. The van der Waals surface area contributed by atoms with Crippen molar-refractivity contribution in [3.05, 3.63) is 0 Å². The van der Waals surface area contributed by atoms with Crippen LogP contribution >= 0.6 is 0 Å². The predicted molar refractivity (Wildman–Crippen MR) is 42.6 cm³/mol. The zero-order chi connectivity index (χ0) is 7.57. The van der Waals surface area contributed by atoms with Gasteiger partial charge in [0.05, 0.1) is 12.2 Å². The van der Waals surface area contributed by atoms with Gasteiger partial charge in [-0.25, -0.2) is 0 Å². The Balaban J connectivity index is 1.86. The molecule has 2 fully saturated rings. The minimum Gasteiger partial charge on any atom is -0.378 e. The van der Waals surface area contributed by atoms with Crippen molar-refractivity contribution in [2.45, 2.75) is 37.7 Å². The molecule has 64 valence electrons. The van der Waals surface area contributed by atoms with Crippen LogP contribution in [0.4, 0.5) is 0 Å². The summed E-state index contributed by atoms with van der Waals surface area (Å²) >= 11 is 0. The maximum absolute atomic E-state index is 5.78. The zero-order valence-corrected chi connectivity index (χ0v) is 6.97. The van der Waals surface area contributed by atoms with E-state index in [9.17, 15) is 0 Å². The average molecular weight is 156 g/mol. The molecule has 2 heteroatoms. The highest BCUT2D eigenvalue weighted by Gasteiger charge is 2.38. The maximum atomic E-state index is 5.78. The lowest BCUT2D eigenvalue weighted by molar-refractivity contribution is -0.153. The van der Waals surface area contributed by atoms with Crippen LogP contribution in [0.3, 0.4) is 0 Å². The first kappa shape index (κ1) is 7.56. The Labute approximate surface area is 67.9 Å². The predicted octanol–water partition coefficient (Wildman–Crippen LogP) is 1.74. The minimum atomic E-state index is 0.153. The summed E-state index contributed by atoms with van der Waals surface area (Å²) in [6.45, 7) is 2.72. The summed E-state index contributed by atoms with van der Waals surface area (Å²) in [5, 5.41) is 0. The third-order valence-electron chi connectivity index (χ3n) is 2.72. The van der Waals surface area contributed by atoms with Gasteiger partial charge < -0.3 is 9.47 Å². The van der Waals surface area contributed by atoms with Gasteiger partial charge in [-0.3, -0.25) is 0 Å². The molecule has 2 rings (SSSR count). The molecule has 1 heterocycles. The molecule has 1 saturated heterocycles. The Hall–Kier alpha value is -0.0800. The van der Waals surface area contributed by atoms with Crippen LogP contribution < -0.4 is 0 Å². The Kier molecular flexibility index (Phi) is 2.14. The van der Waals surface area contributed by atoms with Crippen LogP contribution in [-0.4, -0.2) is 25.4 Å². The van der Waals surface area contributed by atoms with Crippen LogP contribution in [0.25, 0.3) is 0 Å². The molecule has 1 aliphatic carbocycles. The van der Waals surface area contributed by atoms with E-state index in [0.29, 0.717) is 0 Å². The molecule has 0 bridgehead atoms. The van der Waals surface area contributed by atoms with E-state index in [2.05, 4.69) is 0 Å². The fourth-order valence-corrected chi connectivity index (χ4v) is 1.75. The third kappa shape index (κ3) is 1.57. The van der Waals surface area contributed by atoms with Crippen molar-refractivity contribution in [1.82, 2.24) is 0 Å². The second kappa shape index (κ2) is 3.11. The fraction of sp³-hybridized carbons (Fsp3) is 1.00. The van der Waals surface area contributed by atoms with Gasteiger partial charge in [-0.1, -0.05) is 0 Å². The molecule has 0 radical (unpaired) electrons. The van der Waals surface area contributed by atoms with Gasteiger partial charge in [-0.15, -0.1) is 0 Å². The quantitative estimate of drug-likeness (QED) is 0.532. The lowest BCUT2D eigenvalue weighted by atomic mass is 9.80. The number of hydrogen-bond acceptors (Lipinski definition) is 2. The summed E-state index contributed by atoms with van der Waals surface area (Å²) in [5.41, 5.74) is 0.153. The van der Waals surface area contributed by atoms with Gasteiger partial charge in [0.15, 0.2) is 0 Å². The molecule has 1 saturated carbocycles. The molecule has 0 amide bonds. The van der Waals surface area contributed by atoms with Crippen LogP contribution in [0, 0.1) is 0 Å². The lowest BCUT2D eigenvalue weighted by Crippen LogP contribution is -2.45. The molecule has 0 aromatic carbocycles. The standard InChI is InChI=1S/C9H16O2/c1-2-7-11-9(4-3-5-9)8-10-6-1/h1-8H2. The highest BCUT2D eigenvalue weighted by molar-refractivity contribution is 4.90. The zero-order valence-electron chi connectivity index (χ0n) is 6.97. The first-order valence-corrected chi connectivity index (χ1v) is 4.63. The molecule has 2 aliphatic rings. The average Bonchev–Trinajstić information content (AvgIpc) is 1.82. The van der Waals surface area contributed by atoms with E-state index in [1.54, 1.807) is 0 Å². The van der Waals surface area contributed by atoms with E-state index in [1.807, 2.05) is 0 Å². The molecule has 2 nitrogen and oxygen atoms in total. The van der Waals surface area contributed by atoms with Crippen LogP contribution in [0.15, 0.2) is 0 Å². The summed E-state index contributed by atoms with van der Waals surface area (Å²) in [6.07, 6.45) is 6.08. The van der Waals surface area contributed by atoms with Gasteiger partial charge in [0.1, 0.15) is 0 Å². The second-order valence-corrected chi connectivity index (χ2v) is 3.64. The van der Waals surface area contributed by atoms with Crippen LogP contribution in [0.5, 0.6) is 0 Å². The normalized spacial score (nSPS) is 30.5. The highest BCUT2D eigenvalue weighted by atomic mass is 16.5. The Morgan fingerprint density at radius 2 is 1.73 bits per heavy atom. The Morgan fingerprint density at radius 3 is 2.45 bits per heavy atom. The van der Waals surface area contributed by atoms with Crippen molar-refractivity contribution >= 4 is 0 Å². The first-order chi connectivity index (χ1) is 5.41. The van der Waals surface area contributed by atoms with Crippen molar-refractivity contribution in [3.8, 4) is 0 Å². The summed E-state index contributed by atoms with van der Waals surface area (Å²) in [7, 11) is 0. The topological polar surface area (TPSA) is 18.5 Å². The van der Waals surface area contributed by atoms with Crippen molar-refractivity contribution in [2.24, 2.45) is 0 Å². The van der Waals surface area contributed by atoms with Crippen LogP contribution in [0.2, 0.25) is 0 Å². The monoisotopic (exact) mass is 156 g/mol. The van der Waals surface area contributed by atoms with Crippen LogP contribution in [0.1, 0.15) is 32.1 Å². The summed E-state index contributed by atoms with van der Waals surface area (Å²) in [5.74, 6) is 0. The molecule has 0 aromatic heterocycles. The molecule has 11 heavy (non-hydrogen) atoms. The number of rotatable bonds is 0. The lowest BCUT2D eigenvalue weighted by Gasteiger charge is -2.42. The molecular formula is C9H16O2. The molecule has 0 N–H and O–H groups in total. The largest absolute Gasteiger partial charge is 0.378 e. The Morgan fingerprint density at radius 1 is 0.909 bits per heavy atom. The molecular weight excluding hydrogens is 140 g/mol. The van der Waals surface area contributed by atoms with Crippen molar-refractivity contribution in [1.29, 1.82) is 0 Å². The third-order valence-corrected chi connectivity index (χ3v) is 2.72. The van der Waals surface area contributed by atoms with Gasteiger partial charge in [-0.2, -0.15) is 0 Å². The Bertz CT molecular complexity index is 120. The highest BCUT2D eigenvalue weighted by Crippen LogP contribution is 2.36. The number of ether oxygens (including phenoxy) is 2. The second-order valence-electron chi connectivity index (χ2n) is 3.64. The van der Waals surface area contributed by atoms with Gasteiger partial charge >= 0.3 is 0 Å². The van der Waals surface area contributed by atoms with Gasteiger partial charge in [0, 0.05) is 13.2 Å². The van der Waals surface area contributed by atoms with E-state index in [-0.39, 0.29) is 5.60 Å². The van der Waals surface area contributed by atoms with E-state index in [0.717, 1.165) is 26.2 Å². The maximum Gasteiger partial charge on any atom is 0.0914 e. The first-order valence-electron chi connectivity index (χ1n) is 4.63. The van der Waals surface area contributed by atoms with Crippen molar-refractivity contribution in [3.63, 3.8) is 0 Å². The van der Waals surface area contributed by atoms with Gasteiger partial charge in [0.2, 0.25) is 0 Å². The van der Waals surface area contributed by atoms with Crippen LogP contribution in [-0.2, 0) is 9.47 Å². The fourth-order valence-electron chi connectivity index (χ4n) is 1.75. The van der Waals surface area contributed by atoms with E-state index in [4.69, 9.17) is 9.47 Å². The van der Waals surface area contributed by atoms with Gasteiger partial charge in [-0.05, 0) is 32.1 Å². The molecule has 1 aliphatic heterocycles. The number of hydrogen-bond donors (Lipinski definition) is 0. The smallest absolute Gasteiger partial charge is 0.0914 e. The van der Waals surface area contributed by atoms with E-state index >= 15 is 0 Å². The SMILES string of the molecule is C1CCOC2(CCC2)COC1. The summed E-state index contributed by atoms with van der Waals surface area (Å²) < 4.78 is 11.3. The van der Waals surface area contributed by atoms with E-state index in [1.165, 1.54) is 25.7 Å². The molecule has 1 spiro atoms. The molecule has 0 atom stereocenters. The summed E-state index contributed by atoms with van der Waals surface area (Å²) in [6, 6.07) is 0. The van der Waals surface area contributed by atoms with Crippen molar-refractivity contribution in [2.75, 3.05) is 19.8 Å². The van der Waals surface area contributed by atoms with Crippen molar-refractivity contribution < 1.29 is 9.47 Å². The van der Waals surface area contributed by atoms with E-state index < -0.39 is 0 Å². The van der Waals surface area contributed by atoms with Gasteiger partial charge in [0.25, 0.3) is 0 Å².